The molecule has 1 atom stereocenters. The molecule has 0 aromatic heterocycles. The number of nitrogens with one attached hydrogen (secondary N) is 1. The van der Waals surface area contributed by atoms with Gasteiger partial charge in [0.1, 0.15) is 10.7 Å². The molecular weight excluding hydrogens is 295 g/mol. The van der Waals surface area contributed by atoms with Gasteiger partial charge in [-0.3, -0.25) is 0 Å². The van der Waals surface area contributed by atoms with E-state index in [1.807, 2.05) is 0 Å². The summed E-state index contributed by atoms with van der Waals surface area (Å²) in [6.45, 7) is 4.47. The number of aliphatic hydroxyl groups is 1. The molecular formula is C11H16ClFN2O3S. The fraction of sp³-hybridized carbons (Fsp3) is 0.455. The van der Waals surface area contributed by atoms with Gasteiger partial charge in [0.15, 0.2) is 0 Å². The number of aliphatic hydroxyl groups excluding tert-OH is 1. The lowest BCUT2D eigenvalue weighted by molar-refractivity contribution is 0.111. The van der Waals surface area contributed by atoms with Crippen LogP contribution >= 0.6 is 11.6 Å². The lowest BCUT2D eigenvalue weighted by atomic mass is 10.0. The minimum atomic E-state index is -4.02. The van der Waals surface area contributed by atoms with Gasteiger partial charge in [0, 0.05) is 0 Å². The van der Waals surface area contributed by atoms with E-state index < -0.39 is 27.5 Å². The number of benzene rings is 1. The van der Waals surface area contributed by atoms with Crippen molar-refractivity contribution >= 4 is 27.3 Å². The Balaban J connectivity index is 3.26. The van der Waals surface area contributed by atoms with Gasteiger partial charge >= 0.3 is 0 Å². The summed E-state index contributed by atoms with van der Waals surface area (Å²) < 4.78 is 39.7. The molecule has 0 radical (unpaired) electrons. The van der Waals surface area contributed by atoms with Crippen LogP contribution < -0.4 is 10.5 Å². The molecule has 1 rings (SSSR count). The van der Waals surface area contributed by atoms with E-state index in [9.17, 15) is 17.9 Å². The largest absolute Gasteiger partial charge is 0.396 e. The van der Waals surface area contributed by atoms with Crippen molar-refractivity contribution in [3.63, 3.8) is 0 Å². The van der Waals surface area contributed by atoms with Gasteiger partial charge in [0.2, 0.25) is 10.0 Å². The Hall–Kier alpha value is -0.890. The maximum atomic E-state index is 13.1. The predicted molar refractivity (Wildman–Crippen MR) is 71.9 cm³/mol. The van der Waals surface area contributed by atoms with Crippen LogP contribution in [0.4, 0.5) is 10.1 Å². The molecule has 0 saturated heterocycles. The Morgan fingerprint density at radius 2 is 2.00 bits per heavy atom. The zero-order valence-electron chi connectivity index (χ0n) is 10.7. The first-order valence-corrected chi connectivity index (χ1v) is 7.30. The SMILES string of the molecule is CC(O)C(C)(C)NS(=O)(=O)c1cc(N)c(F)cc1Cl. The lowest BCUT2D eigenvalue weighted by Gasteiger charge is -2.29. The highest BCUT2D eigenvalue weighted by molar-refractivity contribution is 7.89. The monoisotopic (exact) mass is 310 g/mol. The first-order chi connectivity index (χ1) is 8.47. The summed E-state index contributed by atoms with van der Waals surface area (Å²) in [6.07, 6.45) is -0.932. The maximum Gasteiger partial charge on any atom is 0.242 e. The van der Waals surface area contributed by atoms with Crippen LogP contribution in [-0.2, 0) is 10.0 Å². The van der Waals surface area contributed by atoms with E-state index in [-0.39, 0.29) is 15.6 Å². The summed E-state index contributed by atoms with van der Waals surface area (Å²) in [5.74, 6) is -0.793. The van der Waals surface area contributed by atoms with Gasteiger partial charge < -0.3 is 10.8 Å². The van der Waals surface area contributed by atoms with Crippen LogP contribution in [0.1, 0.15) is 20.8 Å². The summed E-state index contributed by atoms with van der Waals surface area (Å²) in [5, 5.41) is 9.24. The van der Waals surface area contributed by atoms with Crippen molar-refractivity contribution in [3.05, 3.63) is 23.0 Å². The molecule has 0 heterocycles. The van der Waals surface area contributed by atoms with Crippen LogP contribution in [0.5, 0.6) is 0 Å². The number of nitrogen functional groups attached to an aromatic ring is 1. The molecule has 0 bridgehead atoms. The van der Waals surface area contributed by atoms with Gasteiger partial charge in [-0.05, 0) is 32.9 Å². The van der Waals surface area contributed by atoms with E-state index in [0.29, 0.717) is 0 Å². The van der Waals surface area contributed by atoms with E-state index in [4.69, 9.17) is 17.3 Å². The van der Waals surface area contributed by atoms with Crippen LogP contribution in [0.3, 0.4) is 0 Å². The standard InChI is InChI=1S/C11H16ClFN2O3S/c1-6(16)11(2,3)15-19(17,18)10-5-9(14)8(13)4-7(10)12/h4-6,15-16H,14H2,1-3H3. The lowest BCUT2D eigenvalue weighted by Crippen LogP contribution is -2.50. The third-order valence-electron chi connectivity index (χ3n) is 2.78. The van der Waals surface area contributed by atoms with Crippen molar-refractivity contribution in [2.24, 2.45) is 0 Å². The molecule has 0 amide bonds. The van der Waals surface area contributed by atoms with Gasteiger partial charge in [-0.1, -0.05) is 11.6 Å². The normalized spacial score (nSPS) is 14.4. The van der Waals surface area contributed by atoms with Crippen molar-refractivity contribution in [1.82, 2.24) is 4.72 Å². The smallest absolute Gasteiger partial charge is 0.242 e. The molecule has 19 heavy (non-hydrogen) atoms. The van der Waals surface area contributed by atoms with Crippen LogP contribution in [-0.4, -0.2) is 25.2 Å². The molecule has 0 aliphatic rings. The molecule has 1 aromatic rings. The summed E-state index contributed by atoms with van der Waals surface area (Å²) in [6, 6.07) is 1.78. The highest BCUT2D eigenvalue weighted by atomic mass is 35.5. The van der Waals surface area contributed by atoms with E-state index in [1.54, 1.807) is 0 Å². The fourth-order valence-corrected chi connectivity index (χ4v) is 3.26. The predicted octanol–water partition coefficient (Wildman–Crippen LogP) is 1.50. The molecule has 1 unspecified atom stereocenters. The van der Waals surface area contributed by atoms with E-state index >= 15 is 0 Å². The Morgan fingerprint density at radius 3 is 2.47 bits per heavy atom. The molecule has 0 saturated carbocycles. The van der Waals surface area contributed by atoms with Gasteiger partial charge in [-0.15, -0.1) is 0 Å². The zero-order chi connectivity index (χ0) is 15.0. The summed E-state index contributed by atoms with van der Waals surface area (Å²) in [4.78, 5) is -0.332. The average Bonchev–Trinajstić information content (AvgIpc) is 2.21. The molecule has 108 valence electrons. The first-order valence-electron chi connectivity index (χ1n) is 5.44. The van der Waals surface area contributed by atoms with Crippen molar-refractivity contribution in [1.29, 1.82) is 0 Å². The minimum absolute atomic E-state index is 0.277. The second-order valence-corrected chi connectivity index (χ2v) is 6.87. The maximum absolute atomic E-state index is 13.1. The molecule has 5 nitrogen and oxygen atoms in total. The molecule has 1 aromatic carbocycles. The molecule has 0 aliphatic carbocycles. The molecule has 8 heteroatoms. The van der Waals surface area contributed by atoms with E-state index in [1.165, 1.54) is 20.8 Å². The number of anilines is 1. The highest BCUT2D eigenvalue weighted by Crippen LogP contribution is 2.27. The quantitative estimate of drug-likeness (QED) is 0.735. The molecule has 0 spiro atoms. The third-order valence-corrected chi connectivity index (χ3v) is 4.92. The van der Waals surface area contributed by atoms with Gasteiger partial charge in [0.05, 0.1) is 22.4 Å². The summed E-state index contributed by atoms with van der Waals surface area (Å²) in [5.41, 5.74) is 3.91. The van der Waals surface area contributed by atoms with Gasteiger partial charge in [-0.2, -0.15) is 0 Å². The van der Waals surface area contributed by atoms with Crippen molar-refractivity contribution in [2.45, 2.75) is 37.3 Å². The Kier molecular flexibility index (Phi) is 4.46. The zero-order valence-corrected chi connectivity index (χ0v) is 12.3. The van der Waals surface area contributed by atoms with Crippen LogP contribution in [0, 0.1) is 5.82 Å². The Morgan fingerprint density at radius 1 is 1.47 bits per heavy atom. The topological polar surface area (TPSA) is 92.4 Å². The summed E-state index contributed by atoms with van der Waals surface area (Å²) in [7, 11) is -4.02. The number of sulfonamides is 1. The van der Waals surface area contributed by atoms with Crippen LogP contribution in [0.15, 0.2) is 17.0 Å². The highest BCUT2D eigenvalue weighted by Gasteiger charge is 2.32. The third kappa shape index (κ3) is 3.56. The first kappa shape index (κ1) is 16.2. The number of hydrogen-bond donors (Lipinski definition) is 3. The Labute approximate surface area is 116 Å². The second-order valence-electron chi connectivity index (χ2n) is 4.81. The van der Waals surface area contributed by atoms with E-state index in [0.717, 1.165) is 12.1 Å². The minimum Gasteiger partial charge on any atom is -0.396 e. The van der Waals surface area contributed by atoms with Crippen molar-refractivity contribution in [2.75, 3.05) is 5.73 Å². The molecule has 0 fully saturated rings. The van der Waals surface area contributed by atoms with Crippen LogP contribution in [0.2, 0.25) is 5.02 Å². The molecule has 4 N–H and O–H groups in total. The fourth-order valence-electron chi connectivity index (χ4n) is 1.24. The second kappa shape index (κ2) is 5.24. The Bertz CT molecular complexity index is 588. The number of halogens is 2. The van der Waals surface area contributed by atoms with Gasteiger partial charge in [-0.25, -0.2) is 17.5 Å². The molecule has 0 aliphatic heterocycles. The summed E-state index contributed by atoms with van der Waals surface area (Å²) >= 11 is 5.72. The van der Waals surface area contributed by atoms with Gasteiger partial charge in [0.25, 0.3) is 0 Å². The number of rotatable bonds is 4. The van der Waals surface area contributed by atoms with Crippen LogP contribution in [0.25, 0.3) is 0 Å². The average molecular weight is 311 g/mol. The number of hydrogen-bond acceptors (Lipinski definition) is 4. The van der Waals surface area contributed by atoms with Crippen molar-refractivity contribution < 1.29 is 17.9 Å². The number of nitrogens with two attached hydrogens (primary N) is 1. The van der Waals surface area contributed by atoms with Crippen molar-refractivity contribution in [3.8, 4) is 0 Å². The van der Waals surface area contributed by atoms with E-state index in [2.05, 4.69) is 4.72 Å².